The summed E-state index contributed by atoms with van der Waals surface area (Å²) >= 11 is 0. The number of hydrogen-bond acceptors (Lipinski definition) is 4. The average molecular weight is 256 g/mol. The molecule has 1 aromatic heterocycles. The van der Waals surface area contributed by atoms with E-state index in [2.05, 4.69) is 4.98 Å². The summed E-state index contributed by atoms with van der Waals surface area (Å²) in [7, 11) is 0. The van der Waals surface area contributed by atoms with Gasteiger partial charge < -0.3 is 16.4 Å². The van der Waals surface area contributed by atoms with E-state index in [1.165, 1.54) is 0 Å². The topological polar surface area (TPSA) is 85.2 Å². The maximum absolute atomic E-state index is 12.5. The number of amides is 1. The number of hydrogen-bond donors (Lipinski definition) is 2. The zero-order valence-electron chi connectivity index (χ0n) is 10.7. The van der Waals surface area contributed by atoms with E-state index in [0.29, 0.717) is 23.5 Å². The highest BCUT2D eigenvalue weighted by Gasteiger charge is 2.18. The van der Waals surface area contributed by atoms with Crippen LogP contribution in [0.5, 0.6) is 0 Å². The fourth-order valence-electron chi connectivity index (χ4n) is 1.89. The maximum Gasteiger partial charge on any atom is 0.260 e. The van der Waals surface area contributed by atoms with Crippen molar-refractivity contribution in [1.29, 1.82) is 0 Å². The van der Waals surface area contributed by atoms with Crippen LogP contribution in [0.2, 0.25) is 0 Å². The summed E-state index contributed by atoms with van der Waals surface area (Å²) < 4.78 is 0. The summed E-state index contributed by atoms with van der Waals surface area (Å²) in [6.07, 6.45) is 3.30. The Labute approximate surface area is 111 Å². The molecule has 2 aromatic rings. The van der Waals surface area contributed by atoms with Gasteiger partial charge in [-0.1, -0.05) is 0 Å². The SMILES string of the molecule is CCN(C(=O)c1ccc(N)cc1N)c1ccncc1. The van der Waals surface area contributed by atoms with Crippen molar-refractivity contribution < 1.29 is 4.79 Å². The average Bonchev–Trinajstić information content (AvgIpc) is 2.40. The molecule has 4 N–H and O–H groups in total. The highest BCUT2D eigenvalue weighted by molar-refractivity contribution is 6.09. The van der Waals surface area contributed by atoms with E-state index in [4.69, 9.17) is 11.5 Å². The summed E-state index contributed by atoms with van der Waals surface area (Å²) in [5.41, 5.74) is 13.7. The molecule has 19 heavy (non-hydrogen) atoms. The summed E-state index contributed by atoms with van der Waals surface area (Å²) in [5.74, 6) is -0.147. The van der Waals surface area contributed by atoms with Gasteiger partial charge in [0.2, 0.25) is 0 Å². The van der Waals surface area contributed by atoms with Gasteiger partial charge in [-0.2, -0.15) is 0 Å². The second-order valence-corrected chi connectivity index (χ2v) is 4.10. The van der Waals surface area contributed by atoms with Crippen LogP contribution in [0, 0.1) is 0 Å². The van der Waals surface area contributed by atoms with Crippen LogP contribution in [0.15, 0.2) is 42.7 Å². The van der Waals surface area contributed by atoms with Gasteiger partial charge in [-0.25, -0.2) is 0 Å². The first-order valence-corrected chi connectivity index (χ1v) is 6.00. The van der Waals surface area contributed by atoms with Gasteiger partial charge in [0, 0.05) is 36.0 Å². The molecule has 0 saturated heterocycles. The third kappa shape index (κ3) is 2.65. The van der Waals surface area contributed by atoms with Crippen LogP contribution in [0.4, 0.5) is 17.1 Å². The summed E-state index contributed by atoms with van der Waals surface area (Å²) in [6.45, 7) is 2.46. The number of benzene rings is 1. The quantitative estimate of drug-likeness (QED) is 0.821. The lowest BCUT2D eigenvalue weighted by molar-refractivity contribution is 0.0989. The second-order valence-electron chi connectivity index (χ2n) is 4.10. The number of nitrogens with two attached hydrogens (primary N) is 2. The first-order valence-electron chi connectivity index (χ1n) is 6.00. The number of pyridine rings is 1. The largest absolute Gasteiger partial charge is 0.399 e. The van der Waals surface area contributed by atoms with Gasteiger partial charge in [0.25, 0.3) is 5.91 Å². The number of anilines is 3. The zero-order chi connectivity index (χ0) is 13.8. The first-order chi connectivity index (χ1) is 9.13. The predicted molar refractivity (Wildman–Crippen MR) is 76.9 cm³/mol. The highest BCUT2D eigenvalue weighted by atomic mass is 16.2. The van der Waals surface area contributed by atoms with Crippen LogP contribution >= 0.6 is 0 Å². The van der Waals surface area contributed by atoms with Crippen LogP contribution in [-0.4, -0.2) is 17.4 Å². The van der Waals surface area contributed by atoms with Gasteiger partial charge in [0.05, 0.1) is 5.56 Å². The Morgan fingerprint density at radius 3 is 2.47 bits per heavy atom. The molecule has 0 bridgehead atoms. The van der Waals surface area contributed by atoms with Crippen molar-refractivity contribution in [2.75, 3.05) is 22.9 Å². The molecule has 0 fully saturated rings. The van der Waals surface area contributed by atoms with Crippen molar-refractivity contribution in [2.24, 2.45) is 0 Å². The summed E-state index contributed by atoms with van der Waals surface area (Å²) in [4.78, 5) is 18.1. The van der Waals surface area contributed by atoms with Crippen molar-refractivity contribution in [2.45, 2.75) is 6.92 Å². The number of rotatable bonds is 3. The van der Waals surface area contributed by atoms with Gasteiger partial charge in [0.15, 0.2) is 0 Å². The third-order valence-corrected chi connectivity index (χ3v) is 2.84. The summed E-state index contributed by atoms with van der Waals surface area (Å²) in [5, 5.41) is 0. The van der Waals surface area contributed by atoms with E-state index < -0.39 is 0 Å². The Hall–Kier alpha value is -2.56. The molecular weight excluding hydrogens is 240 g/mol. The molecule has 0 aliphatic heterocycles. The minimum absolute atomic E-state index is 0.147. The lowest BCUT2D eigenvalue weighted by Gasteiger charge is -2.21. The molecule has 5 heteroatoms. The van der Waals surface area contributed by atoms with Gasteiger partial charge in [-0.15, -0.1) is 0 Å². The van der Waals surface area contributed by atoms with Crippen molar-refractivity contribution in [3.8, 4) is 0 Å². The fourth-order valence-corrected chi connectivity index (χ4v) is 1.89. The van der Waals surface area contributed by atoms with Crippen molar-refractivity contribution in [3.63, 3.8) is 0 Å². The van der Waals surface area contributed by atoms with Crippen molar-refractivity contribution >= 4 is 23.0 Å². The Kier molecular flexibility index (Phi) is 3.66. The molecule has 2 rings (SSSR count). The maximum atomic E-state index is 12.5. The zero-order valence-corrected chi connectivity index (χ0v) is 10.7. The lowest BCUT2D eigenvalue weighted by atomic mass is 10.1. The molecule has 1 amide bonds. The molecule has 1 aromatic carbocycles. The predicted octanol–water partition coefficient (Wildman–Crippen LogP) is 1.91. The molecule has 0 spiro atoms. The van der Waals surface area contributed by atoms with E-state index in [1.807, 2.05) is 6.92 Å². The first kappa shape index (κ1) is 12.9. The molecule has 98 valence electrons. The minimum Gasteiger partial charge on any atom is -0.399 e. The Bertz CT molecular complexity index is 583. The van der Waals surface area contributed by atoms with Gasteiger partial charge >= 0.3 is 0 Å². The second kappa shape index (κ2) is 5.39. The van der Waals surface area contributed by atoms with E-state index in [0.717, 1.165) is 5.69 Å². The Balaban J connectivity index is 2.36. The van der Waals surface area contributed by atoms with Crippen LogP contribution in [0.3, 0.4) is 0 Å². The minimum atomic E-state index is -0.147. The smallest absolute Gasteiger partial charge is 0.260 e. The third-order valence-electron chi connectivity index (χ3n) is 2.84. The van der Waals surface area contributed by atoms with E-state index in [-0.39, 0.29) is 5.91 Å². The molecular formula is C14H16N4O. The highest BCUT2D eigenvalue weighted by Crippen LogP contribution is 2.21. The standard InChI is InChI=1S/C14H16N4O/c1-2-18(11-5-7-17-8-6-11)14(19)12-4-3-10(15)9-13(12)16/h3-9H,2,15-16H2,1H3. The normalized spacial score (nSPS) is 10.2. The van der Waals surface area contributed by atoms with Gasteiger partial charge in [0.1, 0.15) is 0 Å². The molecule has 5 nitrogen and oxygen atoms in total. The van der Waals surface area contributed by atoms with E-state index >= 15 is 0 Å². The number of carbonyl (C=O) groups excluding carboxylic acids is 1. The molecule has 0 saturated carbocycles. The summed E-state index contributed by atoms with van der Waals surface area (Å²) in [6, 6.07) is 8.48. The van der Waals surface area contributed by atoms with Crippen LogP contribution in [-0.2, 0) is 0 Å². The molecule has 1 heterocycles. The Morgan fingerprint density at radius 1 is 1.21 bits per heavy atom. The molecule has 0 unspecified atom stereocenters. The number of aromatic nitrogens is 1. The van der Waals surface area contributed by atoms with Crippen molar-refractivity contribution in [1.82, 2.24) is 4.98 Å². The van der Waals surface area contributed by atoms with Crippen LogP contribution in [0.1, 0.15) is 17.3 Å². The Morgan fingerprint density at radius 2 is 1.89 bits per heavy atom. The number of carbonyl (C=O) groups is 1. The van der Waals surface area contributed by atoms with E-state index in [9.17, 15) is 4.79 Å². The van der Waals surface area contributed by atoms with Crippen LogP contribution in [0.25, 0.3) is 0 Å². The molecule has 0 aliphatic carbocycles. The van der Waals surface area contributed by atoms with E-state index in [1.54, 1.807) is 47.6 Å². The lowest BCUT2D eigenvalue weighted by Crippen LogP contribution is -2.31. The van der Waals surface area contributed by atoms with Gasteiger partial charge in [-0.3, -0.25) is 9.78 Å². The molecule has 0 radical (unpaired) electrons. The fraction of sp³-hybridized carbons (Fsp3) is 0.143. The van der Waals surface area contributed by atoms with Gasteiger partial charge in [-0.05, 0) is 37.3 Å². The molecule has 0 atom stereocenters. The van der Waals surface area contributed by atoms with Crippen molar-refractivity contribution in [3.05, 3.63) is 48.3 Å². The number of nitrogens with zero attached hydrogens (tertiary/aromatic N) is 2. The monoisotopic (exact) mass is 256 g/mol. The molecule has 0 aliphatic rings. The van der Waals surface area contributed by atoms with Crippen LogP contribution < -0.4 is 16.4 Å². The number of nitrogen functional groups attached to an aromatic ring is 2.